The molecule has 26 heavy (non-hydrogen) atoms. The Morgan fingerprint density at radius 3 is 2.35 bits per heavy atom. The van der Waals surface area contributed by atoms with E-state index in [0.717, 1.165) is 0 Å². The van der Waals surface area contributed by atoms with Gasteiger partial charge in [0.05, 0.1) is 10.6 Å². The molecule has 4 nitrogen and oxygen atoms in total. The van der Waals surface area contributed by atoms with Crippen LogP contribution in [-0.4, -0.2) is 35.8 Å². The number of halogens is 3. The zero-order valence-electron chi connectivity index (χ0n) is 13.8. The van der Waals surface area contributed by atoms with Crippen molar-refractivity contribution in [3.63, 3.8) is 0 Å². The molecule has 2 aromatic carbocycles. The molecule has 1 heterocycles. The molecule has 2 amide bonds. The maximum atomic E-state index is 13.0. The van der Waals surface area contributed by atoms with Gasteiger partial charge >= 0.3 is 0 Å². The molecular formula is C19H17Cl2FN2O2. The summed E-state index contributed by atoms with van der Waals surface area (Å²) < 4.78 is 13.0. The summed E-state index contributed by atoms with van der Waals surface area (Å²) >= 11 is 12.0. The van der Waals surface area contributed by atoms with Crippen LogP contribution in [0.15, 0.2) is 42.5 Å². The molecule has 136 valence electrons. The number of carbonyl (C=O) groups is 2. The summed E-state index contributed by atoms with van der Waals surface area (Å²) in [5.74, 6) is -0.781. The quantitative estimate of drug-likeness (QED) is 0.848. The predicted octanol–water partition coefficient (Wildman–Crippen LogP) is 4.17. The first kappa shape index (κ1) is 18.7. The minimum Gasteiger partial charge on any atom is -0.349 e. The molecule has 3 rings (SSSR count). The lowest BCUT2D eigenvalue weighted by Crippen LogP contribution is -2.46. The van der Waals surface area contributed by atoms with E-state index < -0.39 is 0 Å². The van der Waals surface area contributed by atoms with Crippen LogP contribution in [0.2, 0.25) is 10.0 Å². The van der Waals surface area contributed by atoms with Crippen molar-refractivity contribution in [2.45, 2.75) is 18.9 Å². The zero-order chi connectivity index (χ0) is 18.7. The number of hydrogen-bond acceptors (Lipinski definition) is 2. The topological polar surface area (TPSA) is 49.4 Å². The van der Waals surface area contributed by atoms with Crippen molar-refractivity contribution in [1.82, 2.24) is 10.2 Å². The fourth-order valence-corrected chi connectivity index (χ4v) is 3.31. The highest BCUT2D eigenvalue weighted by Gasteiger charge is 2.25. The average molecular weight is 395 g/mol. The maximum Gasteiger partial charge on any atom is 0.253 e. The molecule has 1 fully saturated rings. The van der Waals surface area contributed by atoms with E-state index in [1.54, 1.807) is 17.0 Å². The van der Waals surface area contributed by atoms with Crippen molar-refractivity contribution in [2.24, 2.45) is 0 Å². The lowest BCUT2D eigenvalue weighted by atomic mass is 10.0. The van der Waals surface area contributed by atoms with Crippen LogP contribution in [0.4, 0.5) is 4.39 Å². The molecule has 0 bridgehead atoms. The molecule has 2 aromatic rings. The Morgan fingerprint density at radius 1 is 1.04 bits per heavy atom. The second-order valence-corrected chi connectivity index (χ2v) is 7.01. The molecule has 0 saturated carbocycles. The van der Waals surface area contributed by atoms with Crippen LogP contribution in [0.25, 0.3) is 0 Å². The van der Waals surface area contributed by atoms with Crippen LogP contribution in [0.1, 0.15) is 33.6 Å². The molecule has 0 atom stereocenters. The summed E-state index contributed by atoms with van der Waals surface area (Å²) in [6, 6.07) is 10.2. The molecule has 0 aromatic heterocycles. The van der Waals surface area contributed by atoms with Crippen LogP contribution in [0, 0.1) is 5.82 Å². The van der Waals surface area contributed by atoms with Crippen molar-refractivity contribution in [3.05, 3.63) is 69.5 Å². The third kappa shape index (κ3) is 4.34. The van der Waals surface area contributed by atoms with E-state index in [0.29, 0.717) is 47.1 Å². The molecule has 1 N–H and O–H groups in total. The highest BCUT2D eigenvalue weighted by molar-refractivity contribution is 6.35. The fraction of sp³-hybridized carbons (Fsp3) is 0.263. The molecule has 1 saturated heterocycles. The molecule has 1 aliphatic rings. The second-order valence-electron chi connectivity index (χ2n) is 6.17. The Morgan fingerprint density at radius 2 is 1.69 bits per heavy atom. The van der Waals surface area contributed by atoms with E-state index >= 15 is 0 Å². The largest absolute Gasteiger partial charge is 0.349 e. The summed E-state index contributed by atoms with van der Waals surface area (Å²) in [7, 11) is 0. The summed E-state index contributed by atoms with van der Waals surface area (Å²) in [6.07, 6.45) is 1.27. The van der Waals surface area contributed by atoms with Crippen LogP contribution in [-0.2, 0) is 0 Å². The van der Waals surface area contributed by atoms with Gasteiger partial charge in [-0.1, -0.05) is 23.2 Å². The van der Waals surface area contributed by atoms with Gasteiger partial charge < -0.3 is 10.2 Å². The Hall–Kier alpha value is -2.11. The van der Waals surface area contributed by atoms with Gasteiger partial charge in [-0.15, -0.1) is 0 Å². The number of benzene rings is 2. The lowest BCUT2D eigenvalue weighted by Gasteiger charge is -2.32. The normalized spacial score (nSPS) is 15.0. The molecule has 0 unspecified atom stereocenters. The first-order valence-corrected chi connectivity index (χ1v) is 9.00. The Kier molecular flexibility index (Phi) is 5.79. The average Bonchev–Trinajstić information content (AvgIpc) is 2.64. The lowest BCUT2D eigenvalue weighted by molar-refractivity contribution is 0.0698. The van der Waals surface area contributed by atoms with E-state index in [2.05, 4.69) is 5.32 Å². The summed E-state index contributed by atoms with van der Waals surface area (Å²) in [4.78, 5) is 26.5. The third-order valence-electron chi connectivity index (χ3n) is 4.38. The predicted molar refractivity (Wildman–Crippen MR) is 99.3 cm³/mol. The zero-order valence-corrected chi connectivity index (χ0v) is 15.4. The number of piperidine rings is 1. The van der Waals surface area contributed by atoms with Gasteiger partial charge in [-0.2, -0.15) is 0 Å². The summed E-state index contributed by atoms with van der Waals surface area (Å²) in [6.45, 7) is 1.04. The minimum atomic E-state index is -0.373. The molecule has 7 heteroatoms. The van der Waals surface area contributed by atoms with Crippen molar-refractivity contribution in [2.75, 3.05) is 13.1 Å². The van der Waals surface area contributed by atoms with Gasteiger partial charge in [0, 0.05) is 29.7 Å². The van der Waals surface area contributed by atoms with Gasteiger partial charge in [-0.05, 0) is 55.3 Å². The number of nitrogens with zero attached hydrogens (tertiary/aromatic N) is 1. The number of carbonyl (C=O) groups excluding carboxylic acids is 2. The minimum absolute atomic E-state index is 0.0465. The Labute approximate surface area is 160 Å². The maximum absolute atomic E-state index is 13.0. The van der Waals surface area contributed by atoms with Crippen LogP contribution >= 0.6 is 23.2 Å². The van der Waals surface area contributed by atoms with E-state index in [1.807, 2.05) is 0 Å². The van der Waals surface area contributed by atoms with E-state index in [4.69, 9.17) is 23.2 Å². The van der Waals surface area contributed by atoms with Gasteiger partial charge in [0.15, 0.2) is 0 Å². The number of hydrogen-bond donors (Lipinski definition) is 1. The van der Waals surface area contributed by atoms with Gasteiger partial charge in [0.2, 0.25) is 0 Å². The first-order valence-electron chi connectivity index (χ1n) is 8.25. The second kappa shape index (κ2) is 8.06. The summed E-state index contributed by atoms with van der Waals surface area (Å²) in [5, 5.41) is 3.73. The van der Waals surface area contributed by atoms with Crippen molar-refractivity contribution < 1.29 is 14.0 Å². The molecule has 1 aliphatic heterocycles. The van der Waals surface area contributed by atoms with Gasteiger partial charge in [-0.25, -0.2) is 4.39 Å². The number of likely N-dealkylation sites (tertiary alicyclic amines) is 1. The number of amides is 2. The fourth-order valence-electron chi connectivity index (χ4n) is 2.94. The molecule has 0 aliphatic carbocycles. The van der Waals surface area contributed by atoms with Crippen LogP contribution < -0.4 is 5.32 Å². The highest BCUT2D eigenvalue weighted by atomic mass is 35.5. The number of nitrogens with one attached hydrogen (secondary N) is 1. The molecule has 0 radical (unpaired) electrons. The molecule has 0 spiro atoms. The van der Waals surface area contributed by atoms with Gasteiger partial charge in [0.25, 0.3) is 11.8 Å². The van der Waals surface area contributed by atoms with E-state index in [1.165, 1.54) is 30.3 Å². The Bertz CT molecular complexity index is 819. The molecular weight excluding hydrogens is 378 g/mol. The van der Waals surface area contributed by atoms with Crippen LogP contribution in [0.3, 0.4) is 0 Å². The summed E-state index contributed by atoms with van der Waals surface area (Å²) in [5.41, 5.74) is 0.795. The van der Waals surface area contributed by atoms with E-state index in [-0.39, 0.29) is 23.7 Å². The Balaban J connectivity index is 1.56. The van der Waals surface area contributed by atoms with Crippen molar-refractivity contribution in [3.8, 4) is 0 Å². The standard InChI is InChI=1S/C19H17Cl2FN2O2/c20-13-3-6-17(21)16(11-13)18(25)23-15-7-9-24(10-8-15)19(26)12-1-4-14(22)5-2-12/h1-6,11,15H,7-10H2,(H,23,25). The van der Waals surface area contributed by atoms with Gasteiger partial charge in [0.1, 0.15) is 5.82 Å². The van der Waals surface area contributed by atoms with Crippen LogP contribution in [0.5, 0.6) is 0 Å². The smallest absolute Gasteiger partial charge is 0.253 e. The monoisotopic (exact) mass is 394 g/mol. The van der Waals surface area contributed by atoms with Gasteiger partial charge in [-0.3, -0.25) is 9.59 Å². The SMILES string of the molecule is O=C(NC1CCN(C(=O)c2ccc(F)cc2)CC1)c1cc(Cl)ccc1Cl. The van der Waals surface area contributed by atoms with E-state index in [9.17, 15) is 14.0 Å². The van der Waals surface area contributed by atoms with Crippen molar-refractivity contribution in [1.29, 1.82) is 0 Å². The van der Waals surface area contributed by atoms with Crippen molar-refractivity contribution >= 4 is 35.0 Å². The third-order valence-corrected chi connectivity index (χ3v) is 4.95. The number of rotatable bonds is 3. The highest BCUT2D eigenvalue weighted by Crippen LogP contribution is 2.21. The first-order chi connectivity index (χ1) is 12.4.